The number of carbonyl (C=O) groups is 1. The number of fused-ring (bicyclic) bond motifs is 3. The summed E-state index contributed by atoms with van der Waals surface area (Å²) in [5, 5.41) is 7.88. The van der Waals surface area contributed by atoms with Gasteiger partial charge in [0.25, 0.3) is 11.5 Å². The van der Waals surface area contributed by atoms with Gasteiger partial charge in [-0.3, -0.25) is 14.5 Å². The molecule has 5 aromatic rings. The van der Waals surface area contributed by atoms with Gasteiger partial charge in [-0.2, -0.15) is 18.3 Å². The Morgan fingerprint density at radius 3 is 2.43 bits per heavy atom. The van der Waals surface area contributed by atoms with Crippen LogP contribution in [0.4, 0.5) is 23.2 Å². The van der Waals surface area contributed by atoms with E-state index in [-0.39, 0.29) is 33.5 Å². The summed E-state index contributed by atoms with van der Waals surface area (Å²) in [7, 11) is 0. The number of ether oxygens (including phenoxy) is 1. The third-order valence-electron chi connectivity index (χ3n) is 11.0. The lowest BCUT2D eigenvalue weighted by Crippen LogP contribution is -2.49. The van der Waals surface area contributed by atoms with Crippen molar-refractivity contribution in [3.05, 3.63) is 115 Å². The Labute approximate surface area is 321 Å². The van der Waals surface area contributed by atoms with Crippen LogP contribution in [0.1, 0.15) is 72.3 Å². The van der Waals surface area contributed by atoms with E-state index in [1.54, 1.807) is 35.2 Å². The first-order chi connectivity index (χ1) is 26.8. The van der Waals surface area contributed by atoms with Gasteiger partial charge in [0.2, 0.25) is 0 Å². The molecule has 1 saturated heterocycles. The first-order valence-electron chi connectivity index (χ1n) is 19.1. The van der Waals surface area contributed by atoms with Gasteiger partial charge < -0.3 is 19.0 Å². The zero-order valence-electron chi connectivity index (χ0n) is 31.5. The van der Waals surface area contributed by atoms with Crippen LogP contribution in [0.2, 0.25) is 0 Å². The quantitative estimate of drug-likeness (QED) is 0.0824. The van der Waals surface area contributed by atoms with Crippen LogP contribution >= 0.6 is 0 Å². The SMILES string of the molecule is CC1(C)CCc2cc3c(C(F)(F)F)cc(=O)oc3cc2N1CCCCOCCCN1CCN(C(=O)c2cc(Cc3n[nH]c(=O)c4ccccc34)ccc2F)CC1. The van der Waals surface area contributed by atoms with Crippen molar-refractivity contribution in [2.75, 3.05) is 57.4 Å². The Hall–Kier alpha value is -5.08. The number of hydrogen-bond donors (Lipinski definition) is 1. The molecule has 3 aromatic carbocycles. The molecule has 56 heavy (non-hydrogen) atoms. The maximum atomic E-state index is 14.9. The van der Waals surface area contributed by atoms with Crippen molar-refractivity contribution in [1.29, 1.82) is 0 Å². The van der Waals surface area contributed by atoms with Crippen LogP contribution in [-0.4, -0.2) is 83.9 Å². The zero-order chi connectivity index (χ0) is 39.6. The number of nitrogens with one attached hydrogen (secondary N) is 1. The van der Waals surface area contributed by atoms with Gasteiger partial charge in [-0.15, -0.1) is 0 Å². The standard InChI is InChI=1S/C42H45F4N5O5/c1-41(2)13-12-28-24-31-33(42(44,45)46)25-38(52)56-37(31)26-36(28)51(41)15-5-6-20-55-21-7-14-49-16-18-50(19-17-49)40(54)32-22-27(10-11-34(32)43)23-35-29-8-3-4-9-30(29)39(53)48-47-35/h3-4,8-11,22,24-26H,5-7,12-21,23H2,1-2H3,(H,48,53). The van der Waals surface area contributed by atoms with Crippen molar-refractivity contribution < 1.29 is 31.5 Å². The van der Waals surface area contributed by atoms with E-state index in [0.29, 0.717) is 81.3 Å². The minimum atomic E-state index is -4.66. The van der Waals surface area contributed by atoms with Crippen molar-refractivity contribution in [2.24, 2.45) is 0 Å². The molecule has 2 aliphatic rings. The molecule has 1 amide bonds. The van der Waals surface area contributed by atoms with Crippen LogP contribution in [0.5, 0.6) is 0 Å². The minimum Gasteiger partial charge on any atom is -0.423 e. The number of alkyl halides is 3. The fourth-order valence-corrected chi connectivity index (χ4v) is 7.91. The largest absolute Gasteiger partial charge is 0.423 e. The second-order valence-electron chi connectivity index (χ2n) is 15.3. The maximum Gasteiger partial charge on any atom is 0.417 e. The average molecular weight is 776 g/mol. The van der Waals surface area contributed by atoms with Gasteiger partial charge >= 0.3 is 11.8 Å². The molecule has 1 fully saturated rings. The summed E-state index contributed by atoms with van der Waals surface area (Å²) in [5.74, 6) is -0.924. The Balaban J connectivity index is 0.845. The number of rotatable bonds is 12. The Morgan fingerprint density at radius 1 is 0.911 bits per heavy atom. The van der Waals surface area contributed by atoms with Crippen LogP contribution < -0.4 is 16.1 Å². The topological polar surface area (TPSA) is 112 Å². The smallest absolute Gasteiger partial charge is 0.417 e. The molecule has 1 N–H and O–H groups in total. The van der Waals surface area contributed by atoms with Crippen molar-refractivity contribution in [3.8, 4) is 0 Å². The van der Waals surface area contributed by atoms with E-state index in [1.807, 2.05) is 12.1 Å². The van der Waals surface area contributed by atoms with Gasteiger partial charge in [0.15, 0.2) is 0 Å². The van der Waals surface area contributed by atoms with Crippen molar-refractivity contribution in [2.45, 2.75) is 64.1 Å². The van der Waals surface area contributed by atoms with Crippen LogP contribution in [-0.2, 0) is 23.8 Å². The highest BCUT2D eigenvalue weighted by atomic mass is 19.4. The Kier molecular flexibility index (Phi) is 11.3. The molecule has 0 bridgehead atoms. The van der Waals surface area contributed by atoms with E-state index in [2.05, 4.69) is 33.8 Å². The third kappa shape index (κ3) is 8.51. The normalized spacial score (nSPS) is 16.1. The summed E-state index contributed by atoms with van der Waals surface area (Å²) < 4.78 is 67.2. The van der Waals surface area contributed by atoms with Crippen molar-refractivity contribution in [3.63, 3.8) is 0 Å². The average Bonchev–Trinajstić information content (AvgIpc) is 3.17. The number of benzene rings is 3. The highest BCUT2D eigenvalue weighted by Gasteiger charge is 2.37. The lowest BCUT2D eigenvalue weighted by molar-refractivity contribution is -0.136. The van der Waals surface area contributed by atoms with Crippen LogP contribution in [0, 0.1) is 5.82 Å². The predicted molar refractivity (Wildman–Crippen MR) is 206 cm³/mol. The second-order valence-corrected chi connectivity index (χ2v) is 15.3. The molecule has 10 nitrogen and oxygen atoms in total. The van der Waals surface area contributed by atoms with Crippen molar-refractivity contribution in [1.82, 2.24) is 20.0 Å². The molecule has 0 unspecified atom stereocenters. The van der Waals surface area contributed by atoms with Crippen LogP contribution in [0.15, 0.2) is 74.7 Å². The number of halogens is 4. The molecule has 0 radical (unpaired) electrons. The van der Waals surface area contributed by atoms with Gasteiger partial charge in [-0.1, -0.05) is 24.3 Å². The second kappa shape index (κ2) is 16.2. The fraction of sp³-hybridized carbons (Fsp3) is 0.429. The number of aromatic nitrogens is 2. The molecule has 0 spiro atoms. The third-order valence-corrected chi connectivity index (χ3v) is 11.0. The van der Waals surface area contributed by atoms with Gasteiger partial charge in [0.05, 0.1) is 22.2 Å². The molecule has 296 valence electrons. The molecule has 0 atom stereocenters. The lowest BCUT2D eigenvalue weighted by atomic mass is 9.85. The van der Waals surface area contributed by atoms with E-state index in [4.69, 9.17) is 9.15 Å². The van der Waals surface area contributed by atoms with E-state index < -0.39 is 23.2 Å². The molecule has 2 aromatic heterocycles. The zero-order valence-corrected chi connectivity index (χ0v) is 31.5. The predicted octanol–water partition coefficient (Wildman–Crippen LogP) is 6.95. The molecule has 7 rings (SSSR count). The number of carbonyl (C=O) groups excluding carboxylic acids is 1. The first kappa shape index (κ1) is 39.2. The highest BCUT2D eigenvalue weighted by molar-refractivity contribution is 5.95. The number of hydrogen-bond acceptors (Lipinski definition) is 8. The molecular weight excluding hydrogens is 730 g/mol. The van der Waals surface area contributed by atoms with Gasteiger partial charge in [0, 0.05) is 93.0 Å². The summed E-state index contributed by atoms with van der Waals surface area (Å²) >= 11 is 0. The molecule has 0 aliphatic carbocycles. The summed E-state index contributed by atoms with van der Waals surface area (Å²) in [6.07, 6.45) is -0.483. The van der Waals surface area contributed by atoms with E-state index in [9.17, 15) is 31.9 Å². The number of aryl methyl sites for hydroxylation is 1. The van der Waals surface area contributed by atoms with Crippen LogP contribution in [0.25, 0.3) is 21.7 Å². The molecule has 14 heteroatoms. The monoisotopic (exact) mass is 775 g/mol. The molecular formula is C42H45F4N5O5. The van der Waals surface area contributed by atoms with E-state index in [1.165, 1.54) is 12.1 Å². The number of unbranched alkanes of at least 4 members (excludes halogenated alkanes) is 1. The number of aromatic amines is 1. The Bertz CT molecular complexity index is 2350. The minimum absolute atomic E-state index is 0.0208. The van der Waals surface area contributed by atoms with E-state index >= 15 is 0 Å². The summed E-state index contributed by atoms with van der Waals surface area (Å²) in [4.78, 5) is 43.7. The number of amides is 1. The first-order valence-corrected chi connectivity index (χ1v) is 19.1. The number of nitrogens with zero attached hydrogens (tertiary/aromatic N) is 4. The van der Waals surface area contributed by atoms with Gasteiger partial charge in [-0.05, 0) is 81.3 Å². The maximum absolute atomic E-state index is 14.9. The lowest BCUT2D eigenvalue weighted by Gasteiger charge is -2.45. The molecule has 0 saturated carbocycles. The highest BCUT2D eigenvalue weighted by Crippen LogP contribution is 2.42. The van der Waals surface area contributed by atoms with Gasteiger partial charge in [-0.25, -0.2) is 14.3 Å². The van der Waals surface area contributed by atoms with Gasteiger partial charge in [0.1, 0.15) is 11.4 Å². The Morgan fingerprint density at radius 2 is 1.66 bits per heavy atom. The summed E-state index contributed by atoms with van der Waals surface area (Å²) in [6.45, 7) is 9.18. The van der Waals surface area contributed by atoms with Crippen molar-refractivity contribution >= 4 is 33.3 Å². The van der Waals surface area contributed by atoms with E-state index in [0.717, 1.165) is 49.0 Å². The molecule has 2 aliphatic heterocycles. The number of piperazine rings is 1. The molecule has 4 heterocycles. The van der Waals surface area contributed by atoms with Crippen LogP contribution in [0.3, 0.4) is 0 Å². The number of H-pyrrole nitrogens is 1. The fourth-order valence-electron chi connectivity index (χ4n) is 7.91. The summed E-state index contributed by atoms with van der Waals surface area (Å²) in [6, 6.07) is 15.3. The number of anilines is 1. The summed E-state index contributed by atoms with van der Waals surface area (Å²) in [5.41, 5.74) is 0.420.